The summed E-state index contributed by atoms with van der Waals surface area (Å²) in [6.45, 7) is -0.699. The fourth-order valence-corrected chi connectivity index (χ4v) is 1.62. The van der Waals surface area contributed by atoms with E-state index in [2.05, 4.69) is 15.9 Å². The maximum absolute atomic E-state index is 12.0. The molecule has 1 rings (SSSR count). The minimum absolute atomic E-state index is 0.348. The molecule has 1 aromatic carbocycles. The van der Waals surface area contributed by atoms with Crippen LogP contribution in [-0.4, -0.2) is 35.7 Å². The van der Waals surface area contributed by atoms with Crippen LogP contribution in [0.5, 0.6) is 0 Å². The van der Waals surface area contributed by atoms with Crippen LogP contribution in [0.25, 0.3) is 0 Å². The Kier molecular flexibility index (Phi) is 4.85. The zero-order valence-corrected chi connectivity index (χ0v) is 11.0. The van der Waals surface area contributed by atoms with Crippen molar-refractivity contribution in [3.05, 3.63) is 34.3 Å². The van der Waals surface area contributed by atoms with Crippen molar-refractivity contribution < 1.29 is 14.4 Å². The van der Waals surface area contributed by atoms with Crippen LogP contribution < -0.4 is 11.5 Å². The van der Waals surface area contributed by atoms with Crippen molar-refractivity contribution in [3.8, 4) is 0 Å². The van der Waals surface area contributed by atoms with E-state index in [1.54, 1.807) is 24.3 Å². The molecule has 0 fully saturated rings. The maximum Gasteiger partial charge on any atom is 0.254 e. The van der Waals surface area contributed by atoms with Gasteiger partial charge in [-0.2, -0.15) is 0 Å². The minimum atomic E-state index is -0.707. The van der Waals surface area contributed by atoms with E-state index < -0.39 is 17.7 Å². The second-order valence-corrected chi connectivity index (χ2v) is 4.52. The third-order valence-corrected chi connectivity index (χ3v) is 2.60. The Labute approximate surface area is 112 Å². The van der Waals surface area contributed by atoms with Crippen LogP contribution in [0.4, 0.5) is 0 Å². The Morgan fingerprint density at radius 1 is 1.00 bits per heavy atom. The first-order valence-corrected chi connectivity index (χ1v) is 5.81. The van der Waals surface area contributed by atoms with Crippen molar-refractivity contribution in [1.29, 1.82) is 0 Å². The Bertz CT molecular complexity index is 457. The Morgan fingerprint density at radius 2 is 1.44 bits per heavy atom. The maximum atomic E-state index is 12.0. The molecule has 6 nitrogen and oxygen atoms in total. The van der Waals surface area contributed by atoms with Crippen LogP contribution in [0.3, 0.4) is 0 Å². The number of primary amides is 2. The lowest BCUT2D eigenvalue weighted by Crippen LogP contribution is -2.43. The van der Waals surface area contributed by atoms with Gasteiger partial charge in [0.1, 0.15) is 13.1 Å². The van der Waals surface area contributed by atoms with Crippen molar-refractivity contribution >= 4 is 33.7 Å². The zero-order valence-electron chi connectivity index (χ0n) is 9.43. The van der Waals surface area contributed by atoms with Gasteiger partial charge in [-0.05, 0) is 24.3 Å². The van der Waals surface area contributed by atoms with Gasteiger partial charge in [-0.25, -0.2) is 0 Å². The topological polar surface area (TPSA) is 106 Å². The highest BCUT2D eigenvalue weighted by atomic mass is 79.9. The molecule has 18 heavy (non-hydrogen) atoms. The largest absolute Gasteiger partial charge is 0.368 e. The molecule has 1 aromatic rings. The molecule has 0 saturated carbocycles. The third-order valence-electron chi connectivity index (χ3n) is 2.07. The van der Waals surface area contributed by atoms with Crippen LogP contribution in [0.15, 0.2) is 28.7 Å². The second-order valence-electron chi connectivity index (χ2n) is 3.60. The molecule has 0 radical (unpaired) electrons. The van der Waals surface area contributed by atoms with Crippen molar-refractivity contribution in [1.82, 2.24) is 4.90 Å². The van der Waals surface area contributed by atoms with Crippen molar-refractivity contribution in [2.75, 3.05) is 13.1 Å². The lowest BCUT2D eigenvalue weighted by atomic mass is 10.2. The average molecular weight is 314 g/mol. The zero-order chi connectivity index (χ0) is 13.7. The molecule has 0 bridgehead atoms. The van der Waals surface area contributed by atoms with E-state index in [0.717, 1.165) is 9.37 Å². The van der Waals surface area contributed by atoms with Gasteiger partial charge in [0.05, 0.1) is 0 Å². The highest BCUT2D eigenvalue weighted by Crippen LogP contribution is 2.12. The molecule has 0 aliphatic rings. The normalized spacial score (nSPS) is 9.83. The predicted molar refractivity (Wildman–Crippen MR) is 68.4 cm³/mol. The molecule has 0 saturated heterocycles. The van der Waals surface area contributed by atoms with Gasteiger partial charge >= 0.3 is 0 Å². The summed E-state index contributed by atoms with van der Waals surface area (Å²) in [7, 11) is 0. The van der Waals surface area contributed by atoms with Crippen LogP contribution >= 0.6 is 15.9 Å². The fraction of sp³-hybridized carbons (Fsp3) is 0.182. The number of hydrogen-bond donors (Lipinski definition) is 2. The Balaban J connectivity index is 2.90. The van der Waals surface area contributed by atoms with Crippen molar-refractivity contribution in [3.63, 3.8) is 0 Å². The number of rotatable bonds is 5. The van der Waals surface area contributed by atoms with Gasteiger partial charge in [0.15, 0.2) is 0 Å². The number of nitrogens with zero attached hydrogens (tertiary/aromatic N) is 1. The molecule has 0 aliphatic heterocycles. The molecule has 3 amide bonds. The quantitative estimate of drug-likeness (QED) is 0.790. The van der Waals surface area contributed by atoms with Gasteiger partial charge in [0, 0.05) is 10.0 Å². The van der Waals surface area contributed by atoms with Gasteiger partial charge in [-0.1, -0.05) is 15.9 Å². The molecule has 0 atom stereocenters. The minimum Gasteiger partial charge on any atom is -0.368 e. The summed E-state index contributed by atoms with van der Waals surface area (Å²) in [6.07, 6.45) is 0. The van der Waals surface area contributed by atoms with E-state index >= 15 is 0 Å². The third kappa shape index (κ3) is 4.17. The van der Waals surface area contributed by atoms with E-state index in [0.29, 0.717) is 5.56 Å². The SMILES string of the molecule is NC(=O)CN(CC(N)=O)C(=O)c1ccc(Br)cc1. The lowest BCUT2D eigenvalue weighted by molar-refractivity contribution is -0.121. The Hall–Kier alpha value is -1.89. The molecular weight excluding hydrogens is 302 g/mol. The number of benzene rings is 1. The van der Waals surface area contributed by atoms with E-state index in [4.69, 9.17) is 11.5 Å². The van der Waals surface area contributed by atoms with Crippen molar-refractivity contribution in [2.24, 2.45) is 11.5 Å². The van der Waals surface area contributed by atoms with Crippen LogP contribution in [-0.2, 0) is 9.59 Å². The average Bonchev–Trinajstić information content (AvgIpc) is 2.27. The molecule has 4 N–H and O–H groups in total. The standard InChI is InChI=1S/C11H12BrN3O3/c12-8-3-1-7(2-4-8)11(18)15(5-9(13)16)6-10(14)17/h1-4H,5-6H2,(H2,13,16)(H2,14,17). The van der Waals surface area contributed by atoms with Gasteiger partial charge in [0.25, 0.3) is 5.91 Å². The first-order valence-electron chi connectivity index (χ1n) is 5.01. The number of nitrogens with two attached hydrogens (primary N) is 2. The molecule has 0 heterocycles. The highest BCUT2D eigenvalue weighted by Gasteiger charge is 2.19. The van der Waals surface area contributed by atoms with Gasteiger partial charge in [-0.3, -0.25) is 14.4 Å². The summed E-state index contributed by atoms with van der Waals surface area (Å²) in [4.78, 5) is 34.7. The summed E-state index contributed by atoms with van der Waals surface area (Å²) < 4.78 is 0.815. The molecule has 0 unspecified atom stereocenters. The van der Waals surface area contributed by atoms with Crippen molar-refractivity contribution in [2.45, 2.75) is 0 Å². The number of amides is 3. The fourth-order valence-electron chi connectivity index (χ4n) is 1.35. The predicted octanol–water partition coefficient (Wildman–Crippen LogP) is -0.138. The lowest BCUT2D eigenvalue weighted by Gasteiger charge is -2.19. The molecule has 96 valence electrons. The summed E-state index contributed by atoms with van der Waals surface area (Å²) in [5, 5.41) is 0. The van der Waals surface area contributed by atoms with Crippen LogP contribution in [0, 0.1) is 0 Å². The van der Waals surface area contributed by atoms with E-state index in [-0.39, 0.29) is 13.1 Å². The van der Waals surface area contributed by atoms with E-state index in [1.165, 1.54) is 0 Å². The van der Waals surface area contributed by atoms with E-state index in [9.17, 15) is 14.4 Å². The molecule has 0 aromatic heterocycles. The smallest absolute Gasteiger partial charge is 0.254 e. The number of carbonyl (C=O) groups is 3. The first-order chi connectivity index (χ1) is 8.40. The Morgan fingerprint density at radius 3 is 1.83 bits per heavy atom. The summed E-state index contributed by atoms with van der Waals surface area (Å²) in [5.41, 5.74) is 10.4. The summed E-state index contributed by atoms with van der Waals surface area (Å²) in [6, 6.07) is 6.50. The summed E-state index contributed by atoms with van der Waals surface area (Å²) >= 11 is 3.24. The van der Waals surface area contributed by atoms with Gasteiger partial charge in [0.2, 0.25) is 11.8 Å². The number of hydrogen-bond acceptors (Lipinski definition) is 3. The van der Waals surface area contributed by atoms with Crippen LogP contribution in [0.1, 0.15) is 10.4 Å². The molecule has 0 spiro atoms. The number of carbonyl (C=O) groups excluding carboxylic acids is 3. The second kappa shape index (κ2) is 6.15. The summed E-state index contributed by atoms with van der Waals surface area (Å²) in [5.74, 6) is -1.89. The first kappa shape index (κ1) is 14.2. The van der Waals surface area contributed by atoms with Gasteiger partial charge < -0.3 is 16.4 Å². The van der Waals surface area contributed by atoms with E-state index in [1.807, 2.05) is 0 Å². The van der Waals surface area contributed by atoms with Gasteiger partial charge in [-0.15, -0.1) is 0 Å². The monoisotopic (exact) mass is 313 g/mol. The molecule has 7 heteroatoms. The highest BCUT2D eigenvalue weighted by molar-refractivity contribution is 9.10. The molecule has 0 aliphatic carbocycles. The molecular formula is C11H12BrN3O3. The van der Waals surface area contributed by atoms with Crippen LogP contribution in [0.2, 0.25) is 0 Å². The number of halogens is 1.